The molecule has 1 saturated heterocycles. The Bertz CT molecular complexity index is 1340. The summed E-state index contributed by atoms with van der Waals surface area (Å²) in [6.45, 7) is 6.76. The van der Waals surface area contributed by atoms with Gasteiger partial charge in [-0.1, -0.05) is 32.0 Å². The molecule has 1 aliphatic rings. The normalized spacial score (nSPS) is 15.3. The second kappa shape index (κ2) is 8.83. The van der Waals surface area contributed by atoms with Gasteiger partial charge in [-0.2, -0.15) is 0 Å². The number of phenolic OH excluding ortho intramolecular Hbond substituents is 1. The lowest BCUT2D eigenvalue weighted by molar-refractivity contribution is 0.183. The van der Waals surface area contributed by atoms with Crippen molar-refractivity contribution in [3.63, 3.8) is 0 Å². The minimum Gasteiger partial charge on any atom is -0.507 e. The zero-order chi connectivity index (χ0) is 22.9. The predicted octanol–water partition coefficient (Wildman–Crippen LogP) is 4.54. The molecule has 0 atom stereocenters. The Hall–Kier alpha value is -3.45. The molecule has 3 heterocycles. The number of fused-ring (bicyclic) bond motifs is 1. The number of piperidine rings is 1. The molecule has 7 heteroatoms. The third-order valence-electron chi connectivity index (χ3n) is 6.67. The van der Waals surface area contributed by atoms with E-state index >= 15 is 0 Å². The molecule has 5 rings (SSSR count). The smallest absolute Gasteiger partial charge is 0.203 e. The fraction of sp³-hybridized carbons (Fsp3) is 0.346. The number of nitrogens with zero attached hydrogens (tertiary/aromatic N) is 4. The SMILES string of the molecule is CCc1cc2c(=O)c(-c3nncn3-c3ccccc3)coc2c(CN2CCC(C)CC2)c1O. The molecule has 1 N–H and O–H groups in total. The Balaban J connectivity index is 1.63. The van der Waals surface area contributed by atoms with Crippen molar-refractivity contribution >= 4 is 11.0 Å². The van der Waals surface area contributed by atoms with E-state index in [4.69, 9.17) is 4.42 Å². The Morgan fingerprint density at radius 3 is 2.67 bits per heavy atom. The maximum Gasteiger partial charge on any atom is 0.203 e. The zero-order valence-electron chi connectivity index (χ0n) is 19.0. The van der Waals surface area contributed by atoms with Crippen molar-refractivity contribution in [2.75, 3.05) is 13.1 Å². The van der Waals surface area contributed by atoms with Crippen LogP contribution in [0, 0.1) is 5.92 Å². The van der Waals surface area contributed by atoms with Crippen LogP contribution in [0.15, 0.2) is 58.2 Å². The van der Waals surface area contributed by atoms with Crippen molar-refractivity contribution in [2.45, 2.75) is 39.7 Å². The summed E-state index contributed by atoms with van der Waals surface area (Å²) in [5, 5.41) is 19.7. The van der Waals surface area contributed by atoms with Crippen LogP contribution in [0.1, 0.15) is 37.8 Å². The molecule has 1 aliphatic heterocycles. The van der Waals surface area contributed by atoms with Gasteiger partial charge in [0.15, 0.2) is 5.82 Å². The maximum atomic E-state index is 13.6. The van der Waals surface area contributed by atoms with Crippen LogP contribution in [0.25, 0.3) is 28.0 Å². The lowest BCUT2D eigenvalue weighted by atomic mass is 9.97. The zero-order valence-corrected chi connectivity index (χ0v) is 19.0. The Morgan fingerprint density at radius 1 is 1.18 bits per heavy atom. The molecule has 0 bridgehead atoms. The van der Waals surface area contributed by atoms with Crippen LogP contribution >= 0.6 is 0 Å². The minimum absolute atomic E-state index is 0.176. The van der Waals surface area contributed by atoms with E-state index in [1.165, 1.54) is 6.26 Å². The third kappa shape index (κ3) is 3.93. The summed E-state index contributed by atoms with van der Waals surface area (Å²) in [7, 11) is 0. The largest absolute Gasteiger partial charge is 0.507 e. The first-order chi connectivity index (χ1) is 16.1. The van der Waals surface area contributed by atoms with E-state index in [0.717, 1.165) is 43.1 Å². The molecule has 0 spiro atoms. The first kappa shape index (κ1) is 21.4. The monoisotopic (exact) mass is 444 g/mol. The average Bonchev–Trinajstić information content (AvgIpc) is 3.32. The van der Waals surface area contributed by atoms with Crippen molar-refractivity contribution in [3.05, 3.63) is 70.3 Å². The van der Waals surface area contributed by atoms with E-state index in [2.05, 4.69) is 22.0 Å². The van der Waals surface area contributed by atoms with E-state index in [9.17, 15) is 9.90 Å². The van der Waals surface area contributed by atoms with Crippen molar-refractivity contribution in [2.24, 2.45) is 5.92 Å². The number of phenols is 1. The van der Waals surface area contributed by atoms with Gasteiger partial charge in [0.2, 0.25) is 5.43 Å². The summed E-state index contributed by atoms with van der Waals surface area (Å²) in [6, 6.07) is 11.4. The fourth-order valence-electron chi connectivity index (χ4n) is 4.60. The van der Waals surface area contributed by atoms with Crippen molar-refractivity contribution in [1.82, 2.24) is 19.7 Å². The molecule has 2 aromatic carbocycles. The highest BCUT2D eigenvalue weighted by molar-refractivity contribution is 5.86. The Morgan fingerprint density at radius 2 is 1.94 bits per heavy atom. The number of aromatic nitrogens is 3. The van der Waals surface area contributed by atoms with Crippen molar-refractivity contribution in [3.8, 4) is 22.8 Å². The number of aromatic hydroxyl groups is 1. The van der Waals surface area contributed by atoms with E-state index in [-0.39, 0.29) is 11.2 Å². The molecule has 4 aromatic rings. The van der Waals surface area contributed by atoms with Gasteiger partial charge in [0.05, 0.1) is 10.9 Å². The molecule has 1 fully saturated rings. The predicted molar refractivity (Wildman–Crippen MR) is 128 cm³/mol. The van der Waals surface area contributed by atoms with Gasteiger partial charge in [-0.25, -0.2) is 0 Å². The van der Waals surface area contributed by atoms with Gasteiger partial charge >= 0.3 is 0 Å². The lowest BCUT2D eigenvalue weighted by Gasteiger charge is -2.30. The topological polar surface area (TPSA) is 84.4 Å². The van der Waals surface area contributed by atoms with Crippen LogP contribution in [0.4, 0.5) is 0 Å². The van der Waals surface area contributed by atoms with Crippen LogP contribution < -0.4 is 5.43 Å². The van der Waals surface area contributed by atoms with Gasteiger partial charge in [0, 0.05) is 12.2 Å². The molecular formula is C26H28N4O3. The number of benzene rings is 2. The molecule has 170 valence electrons. The van der Waals surface area contributed by atoms with Crippen LogP contribution in [0.3, 0.4) is 0 Å². The standard InChI is InChI=1S/C26H28N4O3/c1-3-18-13-20-24(32)22(26-28-27-16-30(26)19-7-5-4-6-8-19)15-33-25(20)21(23(18)31)14-29-11-9-17(2)10-12-29/h4-8,13,15-17,31H,3,9-12,14H2,1-2H3. The highest BCUT2D eigenvalue weighted by Crippen LogP contribution is 2.34. The second-order valence-corrected chi connectivity index (χ2v) is 8.89. The van der Waals surface area contributed by atoms with Gasteiger partial charge in [0.1, 0.15) is 29.5 Å². The molecule has 0 aliphatic carbocycles. The molecule has 0 amide bonds. The van der Waals surface area contributed by atoms with Gasteiger partial charge in [-0.3, -0.25) is 14.3 Å². The highest BCUT2D eigenvalue weighted by Gasteiger charge is 2.23. The first-order valence-electron chi connectivity index (χ1n) is 11.5. The minimum atomic E-state index is -0.176. The van der Waals surface area contributed by atoms with Crippen LogP contribution in [0.5, 0.6) is 5.75 Å². The number of aryl methyl sites for hydroxylation is 1. The van der Waals surface area contributed by atoms with Crippen molar-refractivity contribution < 1.29 is 9.52 Å². The third-order valence-corrected chi connectivity index (χ3v) is 6.67. The summed E-state index contributed by atoms with van der Waals surface area (Å²) in [5.41, 5.74) is 2.91. The molecule has 2 aromatic heterocycles. The summed E-state index contributed by atoms with van der Waals surface area (Å²) in [5.74, 6) is 1.37. The Kier molecular flexibility index (Phi) is 5.72. The van der Waals surface area contributed by atoms with Gasteiger partial charge in [-0.15, -0.1) is 10.2 Å². The summed E-state index contributed by atoms with van der Waals surface area (Å²) < 4.78 is 7.82. The van der Waals surface area contributed by atoms with Crippen LogP contribution in [0.2, 0.25) is 0 Å². The van der Waals surface area contributed by atoms with Gasteiger partial charge in [0.25, 0.3) is 0 Å². The molecule has 0 radical (unpaired) electrons. The van der Waals surface area contributed by atoms with E-state index < -0.39 is 0 Å². The van der Waals surface area contributed by atoms with Gasteiger partial charge < -0.3 is 9.52 Å². The lowest BCUT2D eigenvalue weighted by Crippen LogP contribution is -2.32. The van der Waals surface area contributed by atoms with E-state index in [1.807, 2.05) is 37.3 Å². The molecule has 0 unspecified atom stereocenters. The first-order valence-corrected chi connectivity index (χ1v) is 11.5. The quantitative estimate of drug-likeness (QED) is 0.486. The number of rotatable bonds is 5. The molecule has 7 nitrogen and oxygen atoms in total. The maximum absolute atomic E-state index is 13.6. The van der Waals surface area contributed by atoms with Crippen LogP contribution in [-0.2, 0) is 13.0 Å². The second-order valence-electron chi connectivity index (χ2n) is 8.89. The van der Waals surface area contributed by atoms with E-state index in [0.29, 0.717) is 40.9 Å². The number of hydrogen-bond acceptors (Lipinski definition) is 6. The Labute approximate surface area is 192 Å². The van der Waals surface area contributed by atoms with Crippen molar-refractivity contribution in [1.29, 1.82) is 0 Å². The summed E-state index contributed by atoms with van der Waals surface area (Å²) in [6.07, 6.45) is 5.92. The highest BCUT2D eigenvalue weighted by atomic mass is 16.3. The van der Waals surface area contributed by atoms with Crippen LogP contribution in [-0.4, -0.2) is 37.9 Å². The number of hydrogen-bond donors (Lipinski definition) is 1. The average molecular weight is 445 g/mol. The fourth-order valence-corrected chi connectivity index (χ4v) is 4.60. The number of likely N-dealkylation sites (tertiary alicyclic amines) is 1. The number of para-hydroxylation sites is 1. The molecule has 33 heavy (non-hydrogen) atoms. The van der Waals surface area contributed by atoms with E-state index in [1.54, 1.807) is 17.0 Å². The molecular weight excluding hydrogens is 416 g/mol. The summed E-state index contributed by atoms with van der Waals surface area (Å²) >= 11 is 0. The molecule has 0 saturated carbocycles. The van der Waals surface area contributed by atoms with Gasteiger partial charge in [-0.05, 0) is 62.0 Å². The summed E-state index contributed by atoms with van der Waals surface area (Å²) in [4.78, 5) is 16.0.